The molecule has 0 fully saturated rings. The van der Waals surface area contributed by atoms with Gasteiger partial charge in [-0.15, -0.1) is 0 Å². The van der Waals surface area contributed by atoms with Gasteiger partial charge in [0, 0.05) is 6.54 Å². The molecule has 0 spiro atoms. The van der Waals surface area contributed by atoms with Gasteiger partial charge in [0.1, 0.15) is 0 Å². The maximum absolute atomic E-state index is 9.50. The molecule has 0 unspecified atom stereocenters. The first-order valence-corrected chi connectivity index (χ1v) is 5.93. The summed E-state index contributed by atoms with van der Waals surface area (Å²) in [5.74, 6) is 0.604. The number of hydrogen-bond acceptors (Lipinski definition) is 3. The van der Waals surface area contributed by atoms with Crippen molar-refractivity contribution in [3.8, 4) is 11.5 Å². The first-order chi connectivity index (χ1) is 8.70. The number of para-hydroxylation sites is 1. The molecule has 94 valence electrons. The number of aromatic hydroxyl groups is 1. The summed E-state index contributed by atoms with van der Waals surface area (Å²) in [7, 11) is 1.53. The normalized spacial score (nSPS) is 10.1. The first kappa shape index (κ1) is 12.6. The van der Waals surface area contributed by atoms with Crippen molar-refractivity contribution in [2.75, 3.05) is 12.4 Å². The Hall–Kier alpha value is -1.87. The van der Waals surface area contributed by atoms with Crippen molar-refractivity contribution >= 4 is 17.3 Å². The van der Waals surface area contributed by atoms with Gasteiger partial charge in [-0.3, -0.25) is 0 Å². The lowest BCUT2D eigenvalue weighted by atomic mass is 10.2. The highest BCUT2D eigenvalue weighted by molar-refractivity contribution is 6.33. The van der Waals surface area contributed by atoms with E-state index in [1.807, 2.05) is 30.3 Å². The molecule has 2 aromatic rings. The summed E-state index contributed by atoms with van der Waals surface area (Å²) in [5, 5.41) is 13.4. The highest BCUT2D eigenvalue weighted by Gasteiger charge is 2.03. The zero-order chi connectivity index (χ0) is 13.0. The van der Waals surface area contributed by atoms with Crippen molar-refractivity contribution in [3.63, 3.8) is 0 Å². The number of anilines is 1. The first-order valence-electron chi connectivity index (χ1n) is 5.55. The van der Waals surface area contributed by atoms with E-state index in [1.165, 1.54) is 7.11 Å². The second-order valence-electron chi connectivity index (χ2n) is 3.84. The Morgan fingerprint density at radius 2 is 2.00 bits per heavy atom. The zero-order valence-electron chi connectivity index (χ0n) is 9.98. The summed E-state index contributed by atoms with van der Waals surface area (Å²) in [6.45, 7) is 0.611. The Morgan fingerprint density at radius 1 is 1.22 bits per heavy atom. The lowest BCUT2D eigenvalue weighted by Gasteiger charge is -2.10. The molecule has 3 nitrogen and oxygen atoms in total. The Morgan fingerprint density at radius 3 is 2.72 bits per heavy atom. The Labute approximate surface area is 111 Å². The number of halogens is 1. The van der Waals surface area contributed by atoms with E-state index in [0.717, 1.165) is 11.3 Å². The fourth-order valence-corrected chi connectivity index (χ4v) is 1.84. The van der Waals surface area contributed by atoms with E-state index in [4.69, 9.17) is 16.3 Å². The van der Waals surface area contributed by atoms with Gasteiger partial charge in [0.05, 0.1) is 17.8 Å². The number of benzene rings is 2. The van der Waals surface area contributed by atoms with Crippen molar-refractivity contribution in [2.45, 2.75) is 6.54 Å². The Kier molecular flexibility index (Phi) is 3.95. The molecular weight excluding hydrogens is 250 g/mol. The van der Waals surface area contributed by atoms with Gasteiger partial charge in [0.25, 0.3) is 0 Å². The molecule has 18 heavy (non-hydrogen) atoms. The number of nitrogens with one attached hydrogen (secondary N) is 1. The lowest BCUT2D eigenvalue weighted by molar-refractivity contribution is 0.373. The molecule has 0 amide bonds. The van der Waals surface area contributed by atoms with Gasteiger partial charge in [0.2, 0.25) is 0 Å². The number of ether oxygens (including phenoxy) is 1. The second-order valence-corrected chi connectivity index (χ2v) is 4.25. The minimum absolute atomic E-state index is 0.138. The SMILES string of the molecule is COc1cc(CNc2ccccc2Cl)ccc1O. The topological polar surface area (TPSA) is 41.5 Å². The minimum Gasteiger partial charge on any atom is -0.504 e. The molecule has 2 aromatic carbocycles. The maximum atomic E-state index is 9.50. The average Bonchev–Trinajstić information content (AvgIpc) is 2.39. The summed E-state index contributed by atoms with van der Waals surface area (Å²) in [6, 6.07) is 12.8. The van der Waals surface area contributed by atoms with E-state index in [-0.39, 0.29) is 5.75 Å². The van der Waals surface area contributed by atoms with Crippen LogP contribution in [-0.2, 0) is 6.54 Å². The number of phenolic OH excluding ortho intramolecular Hbond substituents is 1. The van der Waals surface area contributed by atoms with Crippen LogP contribution in [-0.4, -0.2) is 12.2 Å². The summed E-state index contributed by atoms with van der Waals surface area (Å²) in [5.41, 5.74) is 1.88. The van der Waals surface area contributed by atoms with Crippen LogP contribution in [0, 0.1) is 0 Å². The fraction of sp³-hybridized carbons (Fsp3) is 0.143. The van der Waals surface area contributed by atoms with Crippen LogP contribution in [0.25, 0.3) is 0 Å². The molecule has 0 bridgehead atoms. The fourth-order valence-electron chi connectivity index (χ4n) is 1.63. The van der Waals surface area contributed by atoms with Gasteiger partial charge >= 0.3 is 0 Å². The molecule has 0 aliphatic heterocycles. The van der Waals surface area contributed by atoms with Crippen molar-refractivity contribution in [1.82, 2.24) is 0 Å². The minimum atomic E-state index is 0.138. The van der Waals surface area contributed by atoms with Crippen LogP contribution in [0.2, 0.25) is 5.02 Å². The molecule has 0 radical (unpaired) electrons. The average molecular weight is 264 g/mol. The van der Waals surface area contributed by atoms with E-state index in [9.17, 15) is 5.11 Å². The molecule has 0 aromatic heterocycles. The molecule has 0 saturated heterocycles. The van der Waals surface area contributed by atoms with E-state index < -0.39 is 0 Å². The quantitative estimate of drug-likeness (QED) is 0.884. The van der Waals surface area contributed by atoms with Crippen LogP contribution in [0.4, 0.5) is 5.69 Å². The number of methoxy groups -OCH3 is 1. The van der Waals surface area contributed by atoms with Crippen LogP contribution in [0.15, 0.2) is 42.5 Å². The third-order valence-electron chi connectivity index (χ3n) is 2.60. The molecule has 4 heteroatoms. The molecule has 2 rings (SSSR count). The van der Waals surface area contributed by atoms with Crippen molar-refractivity contribution in [1.29, 1.82) is 0 Å². The molecule has 2 N–H and O–H groups in total. The maximum Gasteiger partial charge on any atom is 0.160 e. The monoisotopic (exact) mass is 263 g/mol. The van der Waals surface area contributed by atoms with E-state index in [1.54, 1.807) is 12.1 Å². The summed E-state index contributed by atoms with van der Waals surface area (Å²) in [6.07, 6.45) is 0. The predicted molar refractivity (Wildman–Crippen MR) is 73.4 cm³/mol. The van der Waals surface area contributed by atoms with Gasteiger partial charge in [-0.1, -0.05) is 29.8 Å². The smallest absolute Gasteiger partial charge is 0.160 e. The van der Waals surface area contributed by atoms with Crippen molar-refractivity contribution in [3.05, 3.63) is 53.1 Å². The van der Waals surface area contributed by atoms with Gasteiger partial charge in [-0.05, 0) is 29.8 Å². The Bertz CT molecular complexity index is 543. The molecule has 0 heterocycles. The molecule has 0 aliphatic carbocycles. The number of rotatable bonds is 4. The van der Waals surface area contributed by atoms with E-state index in [2.05, 4.69) is 5.32 Å². The zero-order valence-corrected chi connectivity index (χ0v) is 10.7. The highest BCUT2D eigenvalue weighted by Crippen LogP contribution is 2.27. The van der Waals surface area contributed by atoms with Gasteiger partial charge in [-0.2, -0.15) is 0 Å². The third kappa shape index (κ3) is 2.87. The summed E-state index contributed by atoms with van der Waals surface area (Å²) >= 11 is 6.05. The van der Waals surface area contributed by atoms with Crippen molar-refractivity contribution < 1.29 is 9.84 Å². The Balaban J connectivity index is 2.09. The van der Waals surface area contributed by atoms with Crippen LogP contribution in [0.1, 0.15) is 5.56 Å². The predicted octanol–water partition coefficient (Wildman–Crippen LogP) is 3.67. The van der Waals surface area contributed by atoms with Crippen LogP contribution >= 0.6 is 11.6 Å². The highest BCUT2D eigenvalue weighted by atomic mass is 35.5. The standard InChI is InChI=1S/C14H14ClNO2/c1-18-14-8-10(6-7-13(14)17)9-16-12-5-3-2-4-11(12)15/h2-8,16-17H,9H2,1H3. The van der Waals surface area contributed by atoms with Gasteiger partial charge < -0.3 is 15.2 Å². The number of phenols is 1. The molecular formula is C14H14ClNO2. The molecule has 0 atom stereocenters. The molecule has 0 saturated carbocycles. The third-order valence-corrected chi connectivity index (χ3v) is 2.93. The summed E-state index contributed by atoms with van der Waals surface area (Å²) in [4.78, 5) is 0. The van der Waals surface area contributed by atoms with Crippen molar-refractivity contribution in [2.24, 2.45) is 0 Å². The van der Waals surface area contributed by atoms with Crippen LogP contribution in [0.3, 0.4) is 0 Å². The second kappa shape index (κ2) is 5.65. The number of hydrogen-bond donors (Lipinski definition) is 2. The largest absolute Gasteiger partial charge is 0.504 e. The van der Waals surface area contributed by atoms with Gasteiger partial charge in [-0.25, -0.2) is 0 Å². The van der Waals surface area contributed by atoms with E-state index in [0.29, 0.717) is 17.3 Å². The van der Waals surface area contributed by atoms with E-state index >= 15 is 0 Å². The van der Waals surface area contributed by atoms with Crippen LogP contribution in [0.5, 0.6) is 11.5 Å². The summed E-state index contributed by atoms with van der Waals surface area (Å²) < 4.78 is 5.06. The lowest BCUT2D eigenvalue weighted by Crippen LogP contribution is -2.00. The van der Waals surface area contributed by atoms with Gasteiger partial charge in [0.15, 0.2) is 11.5 Å². The van der Waals surface area contributed by atoms with Crippen LogP contribution < -0.4 is 10.1 Å². The molecule has 0 aliphatic rings.